The van der Waals surface area contributed by atoms with Gasteiger partial charge in [0.15, 0.2) is 0 Å². The number of amides is 3. The van der Waals surface area contributed by atoms with Gasteiger partial charge in [-0.1, -0.05) is 12.1 Å². The Morgan fingerprint density at radius 1 is 1.29 bits per heavy atom. The van der Waals surface area contributed by atoms with Crippen molar-refractivity contribution in [3.8, 4) is 0 Å². The van der Waals surface area contributed by atoms with Crippen molar-refractivity contribution in [3.63, 3.8) is 0 Å². The average molecular weight is 331 g/mol. The fourth-order valence-corrected chi connectivity index (χ4v) is 2.91. The smallest absolute Gasteiger partial charge is 0.254 e. The molecule has 0 saturated carbocycles. The molecule has 24 heavy (non-hydrogen) atoms. The van der Waals surface area contributed by atoms with Crippen molar-refractivity contribution < 1.29 is 19.1 Å². The second kappa shape index (κ2) is 7.44. The first-order valence-electron chi connectivity index (χ1n) is 8.22. The second-order valence-electron chi connectivity index (χ2n) is 6.04. The summed E-state index contributed by atoms with van der Waals surface area (Å²) in [6, 6.07) is 6.11. The van der Waals surface area contributed by atoms with E-state index < -0.39 is 6.04 Å². The molecule has 7 nitrogen and oxygen atoms in total. The van der Waals surface area contributed by atoms with E-state index in [1.807, 2.05) is 0 Å². The summed E-state index contributed by atoms with van der Waals surface area (Å²) in [5.74, 6) is -0.761. The van der Waals surface area contributed by atoms with Crippen LogP contribution in [0.5, 0.6) is 0 Å². The summed E-state index contributed by atoms with van der Waals surface area (Å²) < 4.78 is 5.45. The molecular weight excluding hydrogens is 310 g/mol. The lowest BCUT2D eigenvalue weighted by Gasteiger charge is -2.15. The highest BCUT2D eigenvalue weighted by Gasteiger charge is 2.28. The third-order valence-electron chi connectivity index (χ3n) is 4.26. The summed E-state index contributed by atoms with van der Waals surface area (Å²) in [7, 11) is 0. The maximum atomic E-state index is 12.2. The van der Waals surface area contributed by atoms with E-state index >= 15 is 0 Å². The Hall–Kier alpha value is -2.41. The fourth-order valence-electron chi connectivity index (χ4n) is 2.91. The van der Waals surface area contributed by atoms with Crippen LogP contribution in [-0.4, -0.2) is 43.0 Å². The molecule has 1 fully saturated rings. The van der Waals surface area contributed by atoms with Gasteiger partial charge in [0, 0.05) is 19.6 Å². The monoisotopic (exact) mass is 331 g/mol. The summed E-state index contributed by atoms with van der Waals surface area (Å²) in [4.78, 5) is 36.3. The minimum Gasteiger partial charge on any atom is -0.376 e. The number of para-hydroxylation sites is 1. The minimum absolute atomic E-state index is 0.0873. The van der Waals surface area contributed by atoms with Crippen LogP contribution in [-0.2, 0) is 14.3 Å². The molecule has 7 heteroatoms. The van der Waals surface area contributed by atoms with Crippen LogP contribution in [0, 0.1) is 0 Å². The predicted octanol–water partition coefficient (Wildman–Crippen LogP) is 0.812. The number of rotatable bonds is 5. The molecule has 1 aromatic rings. The lowest BCUT2D eigenvalue weighted by atomic mass is 10.1. The molecule has 0 spiro atoms. The van der Waals surface area contributed by atoms with Crippen LogP contribution in [0.1, 0.15) is 36.0 Å². The third kappa shape index (κ3) is 3.91. The Kier molecular flexibility index (Phi) is 5.10. The van der Waals surface area contributed by atoms with Gasteiger partial charge in [-0.3, -0.25) is 14.4 Å². The third-order valence-corrected chi connectivity index (χ3v) is 4.26. The number of nitrogens with one attached hydrogen (secondary N) is 3. The molecule has 1 saturated heterocycles. The second-order valence-corrected chi connectivity index (χ2v) is 6.04. The van der Waals surface area contributed by atoms with Crippen molar-refractivity contribution in [1.82, 2.24) is 10.6 Å². The Balaban J connectivity index is 1.51. The highest BCUT2D eigenvalue weighted by Crippen LogP contribution is 2.19. The molecule has 2 heterocycles. The SMILES string of the molecule is O=C(CC[C@@H]1NC(=O)c2ccccc2NC1=O)NCC1CCCO1. The number of fused-ring (bicyclic) bond motifs is 1. The van der Waals surface area contributed by atoms with Crippen molar-refractivity contribution in [2.24, 2.45) is 0 Å². The molecule has 1 aromatic carbocycles. The van der Waals surface area contributed by atoms with Gasteiger partial charge < -0.3 is 20.7 Å². The molecule has 3 rings (SSSR count). The van der Waals surface area contributed by atoms with Crippen LogP contribution in [0.25, 0.3) is 0 Å². The predicted molar refractivity (Wildman–Crippen MR) is 87.5 cm³/mol. The molecule has 128 valence electrons. The van der Waals surface area contributed by atoms with Gasteiger partial charge in [0.2, 0.25) is 11.8 Å². The van der Waals surface area contributed by atoms with Gasteiger partial charge in [-0.05, 0) is 31.4 Å². The fraction of sp³-hybridized carbons (Fsp3) is 0.471. The van der Waals surface area contributed by atoms with E-state index in [2.05, 4.69) is 16.0 Å². The molecule has 0 aromatic heterocycles. The van der Waals surface area contributed by atoms with Gasteiger partial charge in [-0.15, -0.1) is 0 Å². The Labute approximate surface area is 140 Å². The van der Waals surface area contributed by atoms with Gasteiger partial charge >= 0.3 is 0 Å². The molecule has 2 atom stereocenters. The molecule has 3 amide bonds. The Morgan fingerprint density at radius 3 is 2.92 bits per heavy atom. The molecule has 2 aliphatic rings. The lowest BCUT2D eigenvalue weighted by Crippen LogP contribution is -2.42. The van der Waals surface area contributed by atoms with Crippen molar-refractivity contribution >= 4 is 23.4 Å². The zero-order valence-corrected chi connectivity index (χ0v) is 13.3. The first-order valence-corrected chi connectivity index (χ1v) is 8.22. The van der Waals surface area contributed by atoms with Crippen LogP contribution < -0.4 is 16.0 Å². The van der Waals surface area contributed by atoms with Gasteiger partial charge in [0.1, 0.15) is 6.04 Å². The summed E-state index contributed by atoms with van der Waals surface area (Å²) in [5.41, 5.74) is 0.918. The topological polar surface area (TPSA) is 96.5 Å². The van der Waals surface area contributed by atoms with E-state index in [0.717, 1.165) is 19.4 Å². The van der Waals surface area contributed by atoms with Crippen molar-refractivity contribution in [1.29, 1.82) is 0 Å². The average Bonchev–Trinajstić information content (AvgIpc) is 3.06. The van der Waals surface area contributed by atoms with Crippen molar-refractivity contribution in [2.45, 2.75) is 37.8 Å². The lowest BCUT2D eigenvalue weighted by molar-refractivity contribution is -0.122. The highest BCUT2D eigenvalue weighted by molar-refractivity contribution is 6.09. The zero-order chi connectivity index (χ0) is 16.9. The molecule has 0 aliphatic carbocycles. The summed E-state index contributed by atoms with van der Waals surface area (Å²) in [6.07, 6.45) is 2.49. The molecule has 0 radical (unpaired) electrons. The van der Waals surface area contributed by atoms with Crippen LogP contribution in [0.3, 0.4) is 0 Å². The van der Waals surface area contributed by atoms with Gasteiger partial charge in [-0.25, -0.2) is 0 Å². The molecule has 0 bridgehead atoms. The number of anilines is 1. The van der Waals surface area contributed by atoms with Crippen LogP contribution in [0.15, 0.2) is 24.3 Å². The van der Waals surface area contributed by atoms with Crippen molar-refractivity contribution in [2.75, 3.05) is 18.5 Å². The standard InChI is InChI=1S/C17H21N3O4/c21-15(18-10-11-4-3-9-24-11)8-7-14-17(23)19-13-6-2-1-5-12(13)16(22)20-14/h1-2,5-6,11,14H,3-4,7-10H2,(H,18,21)(H,19,23)(H,20,22)/t11?,14-/m0/s1. The minimum atomic E-state index is -0.724. The van der Waals surface area contributed by atoms with Crippen LogP contribution in [0.4, 0.5) is 5.69 Å². The highest BCUT2D eigenvalue weighted by atomic mass is 16.5. The number of carbonyl (C=O) groups excluding carboxylic acids is 3. The van der Waals surface area contributed by atoms with E-state index in [1.54, 1.807) is 24.3 Å². The maximum Gasteiger partial charge on any atom is 0.254 e. The first kappa shape index (κ1) is 16.4. The number of benzene rings is 1. The summed E-state index contributed by atoms with van der Waals surface area (Å²) in [5, 5.41) is 8.23. The van der Waals surface area contributed by atoms with Gasteiger partial charge in [0.05, 0.1) is 17.4 Å². The summed E-state index contributed by atoms with van der Waals surface area (Å²) >= 11 is 0. The Bertz CT molecular complexity index is 640. The van der Waals surface area contributed by atoms with E-state index in [4.69, 9.17) is 4.74 Å². The van der Waals surface area contributed by atoms with E-state index in [0.29, 0.717) is 17.8 Å². The quantitative estimate of drug-likeness (QED) is 0.744. The molecule has 3 N–H and O–H groups in total. The Morgan fingerprint density at radius 2 is 2.12 bits per heavy atom. The number of hydrogen-bond donors (Lipinski definition) is 3. The molecular formula is C17H21N3O4. The first-order chi connectivity index (χ1) is 11.6. The van der Waals surface area contributed by atoms with Crippen molar-refractivity contribution in [3.05, 3.63) is 29.8 Å². The number of hydrogen-bond acceptors (Lipinski definition) is 4. The van der Waals surface area contributed by atoms with E-state index in [-0.39, 0.29) is 36.7 Å². The van der Waals surface area contributed by atoms with Gasteiger partial charge in [-0.2, -0.15) is 0 Å². The largest absolute Gasteiger partial charge is 0.376 e. The van der Waals surface area contributed by atoms with Crippen LogP contribution in [0.2, 0.25) is 0 Å². The van der Waals surface area contributed by atoms with Crippen LogP contribution >= 0.6 is 0 Å². The molecule has 1 unspecified atom stereocenters. The summed E-state index contributed by atoms with van der Waals surface area (Å²) in [6.45, 7) is 1.24. The van der Waals surface area contributed by atoms with E-state index in [1.165, 1.54) is 0 Å². The maximum absolute atomic E-state index is 12.2. The number of ether oxygens (including phenoxy) is 1. The zero-order valence-electron chi connectivity index (χ0n) is 13.3. The van der Waals surface area contributed by atoms with E-state index in [9.17, 15) is 14.4 Å². The molecule has 2 aliphatic heterocycles. The number of carbonyl (C=O) groups is 3. The van der Waals surface area contributed by atoms with Gasteiger partial charge in [0.25, 0.3) is 5.91 Å². The normalized spacial score (nSPS) is 23.0.